The van der Waals surface area contributed by atoms with E-state index in [9.17, 15) is 9.59 Å². The van der Waals surface area contributed by atoms with Gasteiger partial charge in [0.25, 0.3) is 5.56 Å². The highest BCUT2D eigenvalue weighted by Gasteiger charge is 2.29. The minimum atomic E-state index is -0.294. The smallest absolute Gasteiger partial charge is 0.306 e. The summed E-state index contributed by atoms with van der Waals surface area (Å²) in [6.45, 7) is 8.41. The normalized spacial score (nSPS) is 18.2. The van der Waals surface area contributed by atoms with Gasteiger partial charge in [-0.3, -0.25) is 14.3 Å². The lowest BCUT2D eigenvalue weighted by Crippen LogP contribution is -2.49. The van der Waals surface area contributed by atoms with E-state index >= 15 is 0 Å². The summed E-state index contributed by atoms with van der Waals surface area (Å²) < 4.78 is 2.89. The number of rotatable bonds is 1. The van der Waals surface area contributed by atoms with E-state index in [1.807, 2.05) is 0 Å². The molecular formula is C15H20BrN3O2S. The number of aromatic nitrogens is 2. The van der Waals surface area contributed by atoms with E-state index in [-0.39, 0.29) is 22.8 Å². The fourth-order valence-corrected chi connectivity index (χ4v) is 4.61. The molecule has 1 fully saturated rings. The summed E-state index contributed by atoms with van der Waals surface area (Å²) in [5.41, 5.74) is 0.293. The third-order valence-electron chi connectivity index (χ3n) is 4.35. The zero-order chi connectivity index (χ0) is 16.1. The molecule has 22 heavy (non-hydrogen) atoms. The standard InChI is InChI=1S/C15H20BrN3O2S/c1-15(2,3)18-6-4-9(5-7-18)19-13(20)12-10(17-14(19)21)8-11(16)22-12/h8-9H,4-7H2,1-3H3,(H,17,21). The summed E-state index contributed by atoms with van der Waals surface area (Å²) in [6, 6.07) is 1.77. The fourth-order valence-electron chi connectivity index (χ4n) is 3.12. The maximum Gasteiger partial charge on any atom is 0.329 e. The van der Waals surface area contributed by atoms with Crippen molar-refractivity contribution in [3.8, 4) is 0 Å². The molecule has 0 bridgehead atoms. The van der Waals surface area contributed by atoms with Crippen LogP contribution in [0.15, 0.2) is 19.4 Å². The van der Waals surface area contributed by atoms with E-state index < -0.39 is 0 Å². The second-order valence-electron chi connectivity index (χ2n) is 6.79. The SMILES string of the molecule is CC(C)(C)N1CCC(n2c(=O)[nH]c3cc(Br)sc3c2=O)CC1. The minimum absolute atomic E-state index is 0.0138. The molecule has 5 nitrogen and oxygen atoms in total. The van der Waals surface area contributed by atoms with Crippen molar-refractivity contribution in [2.24, 2.45) is 0 Å². The van der Waals surface area contributed by atoms with E-state index in [1.54, 1.807) is 6.07 Å². The van der Waals surface area contributed by atoms with Gasteiger partial charge in [-0.2, -0.15) is 0 Å². The highest BCUT2D eigenvalue weighted by molar-refractivity contribution is 9.11. The molecule has 0 saturated carbocycles. The summed E-state index contributed by atoms with van der Waals surface area (Å²) in [6.07, 6.45) is 1.66. The van der Waals surface area contributed by atoms with Gasteiger partial charge in [0.2, 0.25) is 0 Å². The Morgan fingerprint density at radius 1 is 1.27 bits per heavy atom. The summed E-state index contributed by atoms with van der Waals surface area (Å²) in [5, 5.41) is 0. The van der Waals surface area contributed by atoms with Crippen LogP contribution in [0.4, 0.5) is 0 Å². The number of aromatic amines is 1. The van der Waals surface area contributed by atoms with E-state index in [1.165, 1.54) is 15.9 Å². The predicted molar refractivity (Wildman–Crippen MR) is 94.0 cm³/mol. The number of halogens is 1. The molecule has 0 spiro atoms. The molecule has 1 aliphatic rings. The molecule has 2 aromatic heterocycles. The average Bonchev–Trinajstić information content (AvgIpc) is 2.79. The lowest BCUT2D eigenvalue weighted by atomic mass is 9.98. The number of H-pyrrole nitrogens is 1. The second kappa shape index (κ2) is 5.62. The molecule has 1 N–H and O–H groups in total. The van der Waals surface area contributed by atoms with Crippen LogP contribution in [0.3, 0.4) is 0 Å². The third-order valence-corrected chi connectivity index (χ3v) is 5.98. The van der Waals surface area contributed by atoms with Gasteiger partial charge in [-0.15, -0.1) is 11.3 Å². The van der Waals surface area contributed by atoms with Gasteiger partial charge in [0.1, 0.15) is 4.70 Å². The first kappa shape index (κ1) is 16.0. The molecule has 0 atom stereocenters. The number of thiophene rings is 1. The summed E-state index contributed by atoms with van der Waals surface area (Å²) in [5.74, 6) is 0. The maximum absolute atomic E-state index is 12.7. The third kappa shape index (κ3) is 2.81. The van der Waals surface area contributed by atoms with Gasteiger partial charge in [0.15, 0.2) is 0 Å². The van der Waals surface area contributed by atoms with Crippen molar-refractivity contribution in [3.05, 3.63) is 30.7 Å². The Labute approximate surface area is 141 Å². The van der Waals surface area contributed by atoms with Gasteiger partial charge in [0, 0.05) is 24.7 Å². The largest absolute Gasteiger partial charge is 0.329 e. The van der Waals surface area contributed by atoms with Crippen molar-refractivity contribution in [1.82, 2.24) is 14.5 Å². The molecule has 0 amide bonds. The van der Waals surface area contributed by atoms with Crippen LogP contribution in [0.5, 0.6) is 0 Å². The molecule has 2 aromatic rings. The lowest BCUT2D eigenvalue weighted by Gasteiger charge is -2.41. The van der Waals surface area contributed by atoms with Crippen LogP contribution in [-0.2, 0) is 0 Å². The van der Waals surface area contributed by atoms with Gasteiger partial charge in [-0.1, -0.05) is 0 Å². The van der Waals surface area contributed by atoms with Gasteiger partial charge in [-0.25, -0.2) is 4.79 Å². The Bertz CT molecular complexity index is 807. The molecule has 0 aliphatic carbocycles. The first-order chi connectivity index (χ1) is 10.3. The van der Waals surface area contributed by atoms with Crippen molar-refractivity contribution in [2.75, 3.05) is 13.1 Å². The number of nitrogens with one attached hydrogen (secondary N) is 1. The molecule has 7 heteroatoms. The van der Waals surface area contributed by atoms with E-state index in [2.05, 4.69) is 46.6 Å². The van der Waals surface area contributed by atoms with Gasteiger partial charge >= 0.3 is 5.69 Å². The number of fused-ring (bicyclic) bond motifs is 1. The molecule has 3 heterocycles. The van der Waals surface area contributed by atoms with Crippen molar-refractivity contribution in [2.45, 2.75) is 45.2 Å². The Kier molecular flexibility index (Phi) is 4.07. The average molecular weight is 386 g/mol. The number of hydrogen-bond donors (Lipinski definition) is 1. The van der Waals surface area contributed by atoms with Gasteiger partial charge in [-0.05, 0) is 55.6 Å². The number of piperidine rings is 1. The molecule has 0 aromatic carbocycles. The Morgan fingerprint density at radius 2 is 1.91 bits per heavy atom. The summed E-state index contributed by atoms with van der Waals surface area (Å²) >= 11 is 4.75. The van der Waals surface area contributed by atoms with Crippen molar-refractivity contribution in [3.63, 3.8) is 0 Å². The summed E-state index contributed by atoms with van der Waals surface area (Å²) in [7, 11) is 0. The molecular weight excluding hydrogens is 366 g/mol. The van der Waals surface area contributed by atoms with Crippen molar-refractivity contribution < 1.29 is 0 Å². The molecule has 1 saturated heterocycles. The second-order valence-corrected chi connectivity index (χ2v) is 9.22. The molecule has 120 valence electrons. The molecule has 0 unspecified atom stereocenters. The van der Waals surface area contributed by atoms with Crippen LogP contribution in [-0.4, -0.2) is 33.1 Å². The van der Waals surface area contributed by atoms with E-state index in [0.717, 1.165) is 29.7 Å². The zero-order valence-electron chi connectivity index (χ0n) is 13.0. The Hall–Kier alpha value is -0.920. The van der Waals surface area contributed by atoms with Gasteiger partial charge < -0.3 is 4.98 Å². The Balaban J connectivity index is 1.95. The summed E-state index contributed by atoms with van der Waals surface area (Å²) in [4.78, 5) is 30.2. The number of hydrogen-bond acceptors (Lipinski definition) is 4. The first-order valence-electron chi connectivity index (χ1n) is 7.46. The fraction of sp³-hybridized carbons (Fsp3) is 0.600. The molecule has 0 radical (unpaired) electrons. The Morgan fingerprint density at radius 3 is 2.50 bits per heavy atom. The van der Waals surface area contributed by atoms with Crippen molar-refractivity contribution in [1.29, 1.82) is 0 Å². The molecule has 1 aliphatic heterocycles. The minimum Gasteiger partial charge on any atom is -0.306 e. The van der Waals surface area contributed by atoms with Gasteiger partial charge in [0.05, 0.1) is 9.30 Å². The quantitative estimate of drug-likeness (QED) is 0.820. The van der Waals surface area contributed by atoms with Crippen LogP contribution in [0.2, 0.25) is 0 Å². The topological polar surface area (TPSA) is 58.1 Å². The van der Waals surface area contributed by atoms with Crippen molar-refractivity contribution >= 4 is 37.5 Å². The monoisotopic (exact) mass is 385 g/mol. The van der Waals surface area contributed by atoms with Crippen LogP contribution in [0.25, 0.3) is 10.2 Å². The lowest BCUT2D eigenvalue weighted by molar-refractivity contribution is 0.0882. The van der Waals surface area contributed by atoms with E-state index in [4.69, 9.17) is 0 Å². The predicted octanol–water partition coefficient (Wildman–Crippen LogP) is 2.95. The van der Waals surface area contributed by atoms with Crippen LogP contribution < -0.4 is 11.2 Å². The molecule has 3 rings (SSSR count). The van der Waals surface area contributed by atoms with Crippen LogP contribution >= 0.6 is 27.3 Å². The number of nitrogens with zero attached hydrogens (tertiary/aromatic N) is 2. The first-order valence-corrected chi connectivity index (χ1v) is 9.07. The highest BCUT2D eigenvalue weighted by atomic mass is 79.9. The highest BCUT2D eigenvalue weighted by Crippen LogP contribution is 2.28. The van der Waals surface area contributed by atoms with Crippen LogP contribution in [0.1, 0.15) is 39.7 Å². The number of likely N-dealkylation sites (tertiary alicyclic amines) is 1. The maximum atomic E-state index is 12.7. The zero-order valence-corrected chi connectivity index (χ0v) is 15.4. The van der Waals surface area contributed by atoms with E-state index in [0.29, 0.717) is 10.2 Å². The van der Waals surface area contributed by atoms with Crippen LogP contribution in [0, 0.1) is 0 Å².